The first-order valence-electron chi connectivity index (χ1n) is 8.39. The van der Waals surface area contributed by atoms with Crippen LogP contribution in [0.1, 0.15) is 17.0 Å². The highest BCUT2D eigenvalue weighted by molar-refractivity contribution is 8.00. The second-order valence-electron chi connectivity index (χ2n) is 6.41. The standard InChI is InChI=1S/C20H24N2OS/c1-15-7-9-18(10-8-15)24-14-20(23)22-12-17(11-21)19(13-22)16-5-3-2-4-6-16/h2-10,17,19H,11-14,21H2,1H3/t17-,19+/m1/s1. The summed E-state index contributed by atoms with van der Waals surface area (Å²) in [7, 11) is 0. The fourth-order valence-electron chi connectivity index (χ4n) is 3.26. The minimum absolute atomic E-state index is 0.206. The maximum atomic E-state index is 12.6. The first kappa shape index (κ1) is 17.1. The molecule has 0 aliphatic carbocycles. The van der Waals surface area contributed by atoms with Crippen LogP contribution in [0.5, 0.6) is 0 Å². The topological polar surface area (TPSA) is 46.3 Å². The van der Waals surface area contributed by atoms with Crippen molar-refractivity contribution in [3.05, 3.63) is 65.7 Å². The Balaban J connectivity index is 1.60. The summed E-state index contributed by atoms with van der Waals surface area (Å²) in [4.78, 5) is 15.7. The smallest absolute Gasteiger partial charge is 0.232 e. The molecule has 3 rings (SSSR count). The zero-order chi connectivity index (χ0) is 16.9. The number of carbonyl (C=O) groups excluding carboxylic acids is 1. The summed E-state index contributed by atoms with van der Waals surface area (Å²) in [5.74, 6) is 1.39. The lowest BCUT2D eigenvalue weighted by Crippen LogP contribution is -2.31. The van der Waals surface area contributed by atoms with Crippen molar-refractivity contribution in [2.45, 2.75) is 17.7 Å². The summed E-state index contributed by atoms with van der Waals surface area (Å²) in [6.45, 7) is 4.23. The number of rotatable bonds is 5. The molecule has 2 atom stereocenters. The maximum absolute atomic E-state index is 12.6. The fourth-order valence-corrected chi connectivity index (χ4v) is 4.06. The van der Waals surface area contributed by atoms with Crippen LogP contribution in [0.25, 0.3) is 0 Å². The molecule has 126 valence electrons. The van der Waals surface area contributed by atoms with E-state index in [1.54, 1.807) is 11.8 Å². The van der Waals surface area contributed by atoms with Gasteiger partial charge in [-0.3, -0.25) is 4.79 Å². The summed E-state index contributed by atoms with van der Waals surface area (Å²) in [5.41, 5.74) is 8.48. The summed E-state index contributed by atoms with van der Waals surface area (Å²) in [6, 6.07) is 18.7. The Morgan fingerprint density at radius 3 is 2.50 bits per heavy atom. The molecule has 3 nitrogen and oxygen atoms in total. The number of hydrogen-bond acceptors (Lipinski definition) is 3. The van der Waals surface area contributed by atoms with E-state index in [4.69, 9.17) is 5.73 Å². The predicted octanol–water partition coefficient (Wildman–Crippen LogP) is 3.29. The Labute approximate surface area is 148 Å². The lowest BCUT2D eigenvalue weighted by Gasteiger charge is -2.16. The molecule has 1 fully saturated rings. The number of carbonyl (C=O) groups is 1. The molecule has 0 saturated carbocycles. The molecule has 4 heteroatoms. The van der Waals surface area contributed by atoms with Crippen molar-refractivity contribution in [3.63, 3.8) is 0 Å². The van der Waals surface area contributed by atoms with Crippen molar-refractivity contribution in [1.82, 2.24) is 4.90 Å². The van der Waals surface area contributed by atoms with Crippen molar-refractivity contribution in [2.75, 3.05) is 25.4 Å². The first-order valence-corrected chi connectivity index (χ1v) is 9.38. The van der Waals surface area contributed by atoms with E-state index in [0.717, 1.165) is 18.0 Å². The minimum atomic E-state index is 0.206. The second kappa shape index (κ2) is 7.86. The SMILES string of the molecule is Cc1ccc(SCC(=O)N2C[C@@H](CN)[C@H](c3ccccc3)C2)cc1. The van der Waals surface area contributed by atoms with E-state index in [-0.39, 0.29) is 5.91 Å². The van der Waals surface area contributed by atoms with Crippen molar-refractivity contribution in [1.29, 1.82) is 0 Å². The lowest BCUT2D eigenvalue weighted by molar-refractivity contribution is -0.127. The highest BCUT2D eigenvalue weighted by atomic mass is 32.2. The van der Waals surface area contributed by atoms with Gasteiger partial charge in [-0.15, -0.1) is 11.8 Å². The van der Waals surface area contributed by atoms with E-state index in [0.29, 0.717) is 24.1 Å². The van der Waals surface area contributed by atoms with Crippen LogP contribution in [-0.2, 0) is 4.79 Å². The molecular formula is C20H24N2OS. The summed E-state index contributed by atoms with van der Waals surface area (Å²) < 4.78 is 0. The van der Waals surface area contributed by atoms with Gasteiger partial charge >= 0.3 is 0 Å². The lowest BCUT2D eigenvalue weighted by atomic mass is 9.89. The number of nitrogens with two attached hydrogens (primary N) is 1. The van der Waals surface area contributed by atoms with Crippen molar-refractivity contribution in [2.24, 2.45) is 11.7 Å². The van der Waals surface area contributed by atoms with Gasteiger partial charge in [0.1, 0.15) is 0 Å². The van der Waals surface area contributed by atoms with Gasteiger partial charge in [-0.25, -0.2) is 0 Å². The largest absolute Gasteiger partial charge is 0.341 e. The highest BCUT2D eigenvalue weighted by Gasteiger charge is 2.34. The monoisotopic (exact) mass is 340 g/mol. The quantitative estimate of drug-likeness (QED) is 0.850. The Kier molecular flexibility index (Phi) is 5.59. The van der Waals surface area contributed by atoms with E-state index in [2.05, 4.69) is 55.5 Å². The molecular weight excluding hydrogens is 316 g/mol. The molecule has 1 saturated heterocycles. The van der Waals surface area contributed by atoms with E-state index in [9.17, 15) is 4.79 Å². The van der Waals surface area contributed by atoms with Crippen LogP contribution < -0.4 is 5.73 Å². The number of thioether (sulfide) groups is 1. The van der Waals surface area contributed by atoms with E-state index in [1.807, 2.05) is 11.0 Å². The third-order valence-corrected chi connectivity index (χ3v) is 5.70. The zero-order valence-electron chi connectivity index (χ0n) is 14.0. The molecule has 0 aromatic heterocycles. The molecule has 1 aliphatic heterocycles. The third kappa shape index (κ3) is 4.00. The number of hydrogen-bond donors (Lipinski definition) is 1. The normalized spacial score (nSPS) is 20.3. The van der Waals surface area contributed by atoms with E-state index < -0.39 is 0 Å². The van der Waals surface area contributed by atoms with Crippen LogP contribution in [0.4, 0.5) is 0 Å². The van der Waals surface area contributed by atoms with E-state index in [1.165, 1.54) is 11.1 Å². The Bertz CT molecular complexity index is 672. The average Bonchev–Trinajstić information content (AvgIpc) is 3.06. The molecule has 0 spiro atoms. The van der Waals surface area contributed by atoms with Gasteiger partial charge in [0.05, 0.1) is 5.75 Å². The molecule has 2 N–H and O–H groups in total. The van der Waals surface area contributed by atoms with Crippen LogP contribution in [0.3, 0.4) is 0 Å². The van der Waals surface area contributed by atoms with Crippen molar-refractivity contribution >= 4 is 17.7 Å². The maximum Gasteiger partial charge on any atom is 0.232 e. The number of nitrogens with zero attached hydrogens (tertiary/aromatic N) is 1. The molecule has 24 heavy (non-hydrogen) atoms. The zero-order valence-corrected chi connectivity index (χ0v) is 14.8. The van der Waals surface area contributed by atoms with Crippen LogP contribution in [0.15, 0.2) is 59.5 Å². The first-order chi connectivity index (χ1) is 11.7. The number of aryl methyl sites for hydroxylation is 1. The third-order valence-electron chi connectivity index (χ3n) is 4.71. The van der Waals surface area contributed by atoms with Crippen LogP contribution >= 0.6 is 11.8 Å². The Hall–Kier alpha value is -1.78. The molecule has 1 aliphatic rings. The van der Waals surface area contributed by atoms with E-state index >= 15 is 0 Å². The van der Waals surface area contributed by atoms with Crippen LogP contribution in [0.2, 0.25) is 0 Å². The number of likely N-dealkylation sites (tertiary alicyclic amines) is 1. The van der Waals surface area contributed by atoms with Gasteiger partial charge in [0.2, 0.25) is 5.91 Å². The molecule has 2 aromatic rings. The van der Waals surface area contributed by atoms with Crippen LogP contribution in [0, 0.1) is 12.8 Å². The average molecular weight is 340 g/mol. The van der Waals surface area contributed by atoms with Gasteiger partial charge in [0, 0.05) is 23.9 Å². The van der Waals surface area contributed by atoms with Gasteiger partial charge in [0.25, 0.3) is 0 Å². The Morgan fingerprint density at radius 1 is 1.12 bits per heavy atom. The second-order valence-corrected chi connectivity index (χ2v) is 7.46. The molecule has 0 bridgehead atoms. The molecule has 1 heterocycles. The molecule has 0 unspecified atom stereocenters. The summed E-state index contributed by atoms with van der Waals surface area (Å²) in [5, 5.41) is 0. The van der Waals surface area contributed by atoms with Gasteiger partial charge in [0.15, 0.2) is 0 Å². The number of benzene rings is 2. The Morgan fingerprint density at radius 2 is 1.83 bits per heavy atom. The fraction of sp³-hybridized carbons (Fsp3) is 0.350. The van der Waals surface area contributed by atoms with Crippen LogP contribution in [-0.4, -0.2) is 36.2 Å². The van der Waals surface area contributed by atoms with Gasteiger partial charge < -0.3 is 10.6 Å². The molecule has 2 aromatic carbocycles. The molecule has 1 amide bonds. The molecule has 0 radical (unpaired) electrons. The predicted molar refractivity (Wildman–Crippen MR) is 100 cm³/mol. The van der Waals surface area contributed by atoms with Crippen molar-refractivity contribution < 1.29 is 4.79 Å². The van der Waals surface area contributed by atoms with Crippen molar-refractivity contribution in [3.8, 4) is 0 Å². The highest BCUT2D eigenvalue weighted by Crippen LogP contribution is 2.32. The minimum Gasteiger partial charge on any atom is -0.341 e. The van der Waals surface area contributed by atoms with Gasteiger partial charge in [-0.1, -0.05) is 48.0 Å². The van der Waals surface area contributed by atoms with Gasteiger partial charge in [-0.2, -0.15) is 0 Å². The number of amides is 1. The summed E-state index contributed by atoms with van der Waals surface area (Å²) in [6.07, 6.45) is 0. The van der Waals surface area contributed by atoms with Gasteiger partial charge in [-0.05, 0) is 37.1 Å². The summed E-state index contributed by atoms with van der Waals surface area (Å²) >= 11 is 1.61.